The molecule has 2 aromatic rings. The first-order valence-corrected chi connectivity index (χ1v) is 7.05. The topological polar surface area (TPSA) is 46.5 Å². The predicted molar refractivity (Wildman–Crippen MR) is 81.0 cm³/mol. The van der Waals surface area contributed by atoms with Gasteiger partial charge in [-0.25, -0.2) is 0 Å². The fraction of sp³-hybridized carbons (Fsp3) is 0.188. The number of aliphatic carboxylic acids is 1. The van der Waals surface area contributed by atoms with Gasteiger partial charge < -0.3 is 9.84 Å². The lowest BCUT2D eigenvalue weighted by molar-refractivity contribution is -0.138. The van der Waals surface area contributed by atoms with Crippen LogP contribution in [0.5, 0.6) is 5.75 Å². The molecule has 0 aliphatic rings. The zero-order valence-electron chi connectivity index (χ0n) is 11.0. The number of hydrogen-bond donors (Lipinski definition) is 1. The molecule has 2 aromatic carbocycles. The maximum atomic E-state index is 10.9. The summed E-state index contributed by atoms with van der Waals surface area (Å²) in [5, 5.41) is 8.95. The number of carbonyl (C=O) groups is 1. The number of hydrogen-bond acceptors (Lipinski definition) is 2. The molecule has 0 saturated carbocycles. The van der Waals surface area contributed by atoms with Crippen molar-refractivity contribution in [1.82, 2.24) is 0 Å². The quantitative estimate of drug-likeness (QED) is 0.890. The minimum Gasteiger partial charge on any atom is -0.489 e. The zero-order chi connectivity index (χ0) is 14.5. The Kier molecular flexibility index (Phi) is 4.79. The van der Waals surface area contributed by atoms with Gasteiger partial charge in [0.1, 0.15) is 12.4 Å². The van der Waals surface area contributed by atoms with Gasteiger partial charge in [0, 0.05) is 4.47 Å². The first-order valence-electron chi connectivity index (χ1n) is 6.26. The molecule has 1 atom stereocenters. The third-order valence-corrected chi connectivity index (χ3v) is 3.54. The molecule has 104 valence electrons. The van der Waals surface area contributed by atoms with Crippen LogP contribution >= 0.6 is 15.9 Å². The SMILES string of the molecule is CC(C(=O)O)c1ccc(COc2cccc(Br)c2)cc1. The smallest absolute Gasteiger partial charge is 0.310 e. The summed E-state index contributed by atoms with van der Waals surface area (Å²) in [6.45, 7) is 2.13. The molecule has 0 amide bonds. The van der Waals surface area contributed by atoms with Crippen LogP contribution in [0.3, 0.4) is 0 Å². The Hall–Kier alpha value is -1.81. The highest BCUT2D eigenvalue weighted by molar-refractivity contribution is 9.10. The highest BCUT2D eigenvalue weighted by atomic mass is 79.9. The highest BCUT2D eigenvalue weighted by Crippen LogP contribution is 2.20. The van der Waals surface area contributed by atoms with E-state index in [1.807, 2.05) is 48.5 Å². The van der Waals surface area contributed by atoms with Gasteiger partial charge in [0.05, 0.1) is 5.92 Å². The summed E-state index contributed by atoms with van der Waals surface area (Å²) >= 11 is 3.39. The molecular formula is C16H15BrO3. The van der Waals surface area contributed by atoms with E-state index in [1.54, 1.807) is 6.92 Å². The highest BCUT2D eigenvalue weighted by Gasteiger charge is 2.12. The Morgan fingerprint density at radius 3 is 2.55 bits per heavy atom. The van der Waals surface area contributed by atoms with Gasteiger partial charge in [-0.05, 0) is 36.2 Å². The minimum absolute atomic E-state index is 0.457. The van der Waals surface area contributed by atoms with E-state index in [-0.39, 0.29) is 0 Å². The van der Waals surface area contributed by atoms with Crippen LogP contribution < -0.4 is 4.74 Å². The summed E-state index contributed by atoms with van der Waals surface area (Å²) in [6.07, 6.45) is 0. The van der Waals surface area contributed by atoms with E-state index in [9.17, 15) is 4.79 Å². The van der Waals surface area contributed by atoms with E-state index in [0.717, 1.165) is 21.3 Å². The molecule has 0 saturated heterocycles. The predicted octanol–water partition coefficient (Wildman–Crippen LogP) is 4.22. The van der Waals surface area contributed by atoms with Gasteiger partial charge in [-0.2, -0.15) is 0 Å². The molecule has 1 N–H and O–H groups in total. The summed E-state index contributed by atoms with van der Waals surface area (Å²) < 4.78 is 6.65. The van der Waals surface area contributed by atoms with Crippen LogP contribution in [0.15, 0.2) is 53.0 Å². The fourth-order valence-electron chi connectivity index (χ4n) is 1.77. The molecule has 2 rings (SSSR count). The van der Waals surface area contributed by atoms with Crippen molar-refractivity contribution < 1.29 is 14.6 Å². The van der Waals surface area contributed by atoms with Crippen molar-refractivity contribution >= 4 is 21.9 Å². The first kappa shape index (κ1) is 14.6. The van der Waals surface area contributed by atoms with Gasteiger partial charge in [-0.3, -0.25) is 4.79 Å². The zero-order valence-corrected chi connectivity index (χ0v) is 12.6. The molecule has 0 aliphatic heterocycles. The molecule has 0 fully saturated rings. The Balaban J connectivity index is 1.99. The van der Waals surface area contributed by atoms with Crippen LogP contribution in [0.2, 0.25) is 0 Å². The molecule has 3 nitrogen and oxygen atoms in total. The fourth-order valence-corrected chi connectivity index (χ4v) is 2.15. The molecule has 4 heteroatoms. The molecule has 0 heterocycles. The van der Waals surface area contributed by atoms with E-state index in [4.69, 9.17) is 9.84 Å². The number of carboxylic acid groups (broad SMARTS) is 1. The number of carboxylic acids is 1. The summed E-state index contributed by atoms with van der Waals surface area (Å²) in [5.41, 5.74) is 1.80. The van der Waals surface area contributed by atoms with Crippen LogP contribution in [-0.4, -0.2) is 11.1 Å². The normalized spacial score (nSPS) is 11.9. The number of rotatable bonds is 5. The van der Waals surface area contributed by atoms with E-state index in [0.29, 0.717) is 6.61 Å². The van der Waals surface area contributed by atoms with Crippen molar-refractivity contribution in [1.29, 1.82) is 0 Å². The van der Waals surface area contributed by atoms with E-state index >= 15 is 0 Å². The Labute approximate surface area is 126 Å². The second kappa shape index (κ2) is 6.57. The van der Waals surface area contributed by atoms with Gasteiger partial charge in [-0.1, -0.05) is 46.3 Å². The first-order chi connectivity index (χ1) is 9.56. The van der Waals surface area contributed by atoms with Crippen LogP contribution in [0.1, 0.15) is 24.0 Å². The lowest BCUT2D eigenvalue weighted by atomic mass is 10.0. The lowest BCUT2D eigenvalue weighted by Gasteiger charge is -2.09. The molecule has 1 unspecified atom stereocenters. The van der Waals surface area contributed by atoms with E-state index in [2.05, 4.69) is 15.9 Å². The summed E-state index contributed by atoms with van der Waals surface area (Å²) in [7, 11) is 0. The average Bonchev–Trinajstić information content (AvgIpc) is 2.45. The number of halogens is 1. The molecule has 0 aromatic heterocycles. The molecular weight excluding hydrogens is 320 g/mol. The molecule has 0 radical (unpaired) electrons. The second-order valence-corrected chi connectivity index (χ2v) is 5.46. The van der Waals surface area contributed by atoms with Crippen molar-refractivity contribution in [3.63, 3.8) is 0 Å². The second-order valence-electron chi connectivity index (χ2n) is 4.55. The Bertz CT molecular complexity index is 593. The Morgan fingerprint density at radius 1 is 1.25 bits per heavy atom. The lowest BCUT2D eigenvalue weighted by Crippen LogP contribution is -2.07. The van der Waals surface area contributed by atoms with Gasteiger partial charge in [0.15, 0.2) is 0 Å². The van der Waals surface area contributed by atoms with Gasteiger partial charge in [0.25, 0.3) is 0 Å². The molecule has 0 spiro atoms. The average molecular weight is 335 g/mol. The minimum atomic E-state index is -0.817. The van der Waals surface area contributed by atoms with Crippen LogP contribution in [0, 0.1) is 0 Å². The molecule has 0 bridgehead atoms. The van der Waals surface area contributed by atoms with Gasteiger partial charge >= 0.3 is 5.97 Å². The standard InChI is InChI=1S/C16H15BrO3/c1-11(16(18)19)13-7-5-12(6-8-13)10-20-15-4-2-3-14(17)9-15/h2-9,11H,10H2,1H3,(H,18,19). The van der Waals surface area contributed by atoms with Gasteiger partial charge in [0.2, 0.25) is 0 Å². The van der Waals surface area contributed by atoms with Crippen molar-refractivity contribution in [2.75, 3.05) is 0 Å². The third-order valence-electron chi connectivity index (χ3n) is 3.05. The maximum Gasteiger partial charge on any atom is 0.310 e. The third kappa shape index (κ3) is 3.84. The molecule has 20 heavy (non-hydrogen) atoms. The summed E-state index contributed by atoms with van der Waals surface area (Å²) in [4.78, 5) is 10.9. The number of ether oxygens (including phenoxy) is 1. The van der Waals surface area contributed by atoms with Crippen LogP contribution in [0.25, 0.3) is 0 Å². The summed E-state index contributed by atoms with van der Waals surface area (Å²) in [5.74, 6) is -0.513. The maximum absolute atomic E-state index is 10.9. The summed E-state index contributed by atoms with van der Waals surface area (Å²) in [6, 6.07) is 15.1. The van der Waals surface area contributed by atoms with E-state index in [1.165, 1.54) is 0 Å². The van der Waals surface area contributed by atoms with E-state index < -0.39 is 11.9 Å². The Morgan fingerprint density at radius 2 is 1.95 bits per heavy atom. The van der Waals surface area contributed by atoms with Crippen molar-refractivity contribution in [3.8, 4) is 5.75 Å². The molecule has 0 aliphatic carbocycles. The van der Waals surface area contributed by atoms with Crippen LogP contribution in [0.4, 0.5) is 0 Å². The number of benzene rings is 2. The van der Waals surface area contributed by atoms with Gasteiger partial charge in [-0.15, -0.1) is 0 Å². The largest absolute Gasteiger partial charge is 0.489 e. The van der Waals surface area contributed by atoms with Crippen LogP contribution in [-0.2, 0) is 11.4 Å². The van der Waals surface area contributed by atoms with Crippen molar-refractivity contribution in [2.45, 2.75) is 19.4 Å². The van der Waals surface area contributed by atoms with Crippen molar-refractivity contribution in [2.24, 2.45) is 0 Å². The monoisotopic (exact) mass is 334 g/mol. The van der Waals surface area contributed by atoms with Crippen molar-refractivity contribution in [3.05, 3.63) is 64.1 Å².